The van der Waals surface area contributed by atoms with Gasteiger partial charge >= 0.3 is 6.03 Å². The Balaban J connectivity index is 1.45. The molecule has 2 aromatic rings. The van der Waals surface area contributed by atoms with Crippen LogP contribution in [0.1, 0.15) is 51.4 Å². The van der Waals surface area contributed by atoms with E-state index in [0.717, 1.165) is 37.8 Å². The Bertz CT molecular complexity index is 874. The predicted octanol–water partition coefficient (Wildman–Crippen LogP) is 3.20. The minimum Gasteiger partial charge on any atom is -0.335 e. The molecular weight excluding hydrogens is 366 g/mol. The molecule has 0 radical (unpaired) electrons. The van der Waals surface area contributed by atoms with Crippen molar-refractivity contribution in [1.82, 2.24) is 25.0 Å². The number of amides is 2. The fourth-order valence-corrected chi connectivity index (χ4v) is 4.42. The second kappa shape index (κ2) is 9.20. The normalized spacial score (nSPS) is 20.4. The third kappa shape index (κ3) is 4.83. The first-order valence-corrected chi connectivity index (χ1v) is 10.8. The fourth-order valence-electron chi connectivity index (χ4n) is 4.42. The summed E-state index contributed by atoms with van der Waals surface area (Å²) in [4.78, 5) is 31.3. The number of nitrogens with zero attached hydrogens (tertiary/aromatic N) is 4. The molecule has 0 bridgehead atoms. The van der Waals surface area contributed by atoms with Crippen molar-refractivity contribution in [3.63, 3.8) is 0 Å². The van der Waals surface area contributed by atoms with Gasteiger partial charge in [-0.1, -0.05) is 25.7 Å². The second-order valence-electron chi connectivity index (χ2n) is 8.11. The Morgan fingerprint density at radius 3 is 2.66 bits per heavy atom. The van der Waals surface area contributed by atoms with Gasteiger partial charge in [-0.2, -0.15) is 5.10 Å². The minimum absolute atomic E-state index is 0.00451. The van der Waals surface area contributed by atoms with Gasteiger partial charge in [0.05, 0.1) is 18.3 Å². The standard InChI is InChI=1S/C22H29N5O2/c28-21-12-11-20(17-7-5-13-23-15-17)25-27(21)16-19-10-6-14-26(19)22(29)24-18-8-3-1-2-4-9-18/h5,7,11-13,15,18-19H,1-4,6,8-10,14,16H2,(H,24,29). The van der Waals surface area contributed by atoms with Crippen LogP contribution in [0.3, 0.4) is 0 Å². The maximum Gasteiger partial charge on any atom is 0.317 e. The van der Waals surface area contributed by atoms with Crippen molar-refractivity contribution in [3.8, 4) is 11.3 Å². The molecule has 0 spiro atoms. The van der Waals surface area contributed by atoms with Gasteiger partial charge in [0.25, 0.3) is 5.56 Å². The van der Waals surface area contributed by atoms with Crippen LogP contribution < -0.4 is 10.9 Å². The molecule has 154 valence electrons. The lowest BCUT2D eigenvalue weighted by Gasteiger charge is -2.27. The molecule has 2 amide bonds. The van der Waals surface area contributed by atoms with Crippen LogP contribution in [0.5, 0.6) is 0 Å². The highest BCUT2D eigenvalue weighted by atomic mass is 16.2. The zero-order chi connectivity index (χ0) is 20.1. The number of rotatable bonds is 4. The Morgan fingerprint density at radius 1 is 1.07 bits per heavy atom. The number of pyridine rings is 1. The van der Waals surface area contributed by atoms with E-state index in [1.807, 2.05) is 17.0 Å². The van der Waals surface area contributed by atoms with E-state index in [9.17, 15) is 9.59 Å². The predicted molar refractivity (Wildman–Crippen MR) is 111 cm³/mol. The van der Waals surface area contributed by atoms with E-state index in [1.165, 1.54) is 30.4 Å². The van der Waals surface area contributed by atoms with E-state index in [0.29, 0.717) is 12.2 Å². The zero-order valence-corrected chi connectivity index (χ0v) is 16.8. The van der Waals surface area contributed by atoms with Crippen LogP contribution in [0.25, 0.3) is 11.3 Å². The lowest BCUT2D eigenvalue weighted by Crippen LogP contribution is -2.48. The van der Waals surface area contributed by atoms with Gasteiger partial charge in [-0.05, 0) is 43.9 Å². The van der Waals surface area contributed by atoms with Crippen LogP contribution in [0, 0.1) is 0 Å². The van der Waals surface area contributed by atoms with E-state index in [-0.39, 0.29) is 23.7 Å². The minimum atomic E-state index is -0.145. The van der Waals surface area contributed by atoms with Crippen LogP contribution in [-0.4, -0.2) is 44.3 Å². The van der Waals surface area contributed by atoms with Crippen molar-refractivity contribution in [2.45, 2.75) is 70.0 Å². The number of carbonyl (C=O) groups is 1. The highest BCUT2D eigenvalue weighted by molar-refractivity contribution is 5.75. The quantitative estimate of drug-likeness (QED) is 0.806. The summed E-state index contributed by atoms with van der Waals surface area (Å²) < 4.78 is 1.49. The van der Waals surface area contributed by atoms with Gasteiger partial charge < -0.3 is 10.2 Å². The molecule has 1 unspecified atom stereocenters. The number of nitrogens with one attached hydrogen (secondary N) is 1. The van der Waals surface area contributed by atoms with Crippen molar-refractivity contribution in [1.29, 1.82) is 0 Å². The number of hydrogen-bond donors (Lipinski definition) is 1. The van der Waals surface area contributed by atoms with E-state index >= 15 is 0 Å². The van der Waals surface area contributed by atoms with Gasteiger partial charge in [-0.3, -0.25) is 9.78 Å². The molecule has 1 aliphatic heterocycles. The van der Waals surface area contributed by atoms with Crippen molar-refractivity contribution in [2.24, 2.45) is 0 Å². The lowest BCUT2D eigenvalue weighted by atomic mass is 10.1. The highest BCUT2D eigenvalue weighted by Gasteiger charge is 2.30. The number of likely N-dealkylation sites (tertiary alicyclic amines) is 1. The van der Waals surface area contributed by atoms with E-state index < -0.39 is 0 Å². The number of carbonyl (C=O) groups excluding carboxylic acids is 1. The summed E-state index contributed by atoms with van der Waals surface area (Å²) in [6.07, 6.45) is 12.3. The Labute approximate surface area is 171 Å². The molecule has 29 heavy (non-hydrogen) atoms. The molecule has 1 atom stereocenters. The molecule has 3 heterocycles. The average molecular weight is 396 g/mol. The van der Waals surface area contributed by atoms with Crippen molar-refractivity contribution < 1.29 is 4.79 Å². The summed E-state index contributed by atoms with van der Waals surface area (Å²) in [6.45, 7) is 1.16. The number of hydrogen-bond acceptors (Lipinski definition) is 4. The molecule has 2 fully saturated rings. The molecule has 1 N–H and O–H groups in total. The van der Waals surface area contributed by atoms with Gasteiger partial charge in [-0.15, -0.1) is 0 Å². The van der Waals surface area contributed by atoms with Crippen molar-refractivity contribution in [3.05, 3.63) is 47.0 Å². The first kappa shape index (κ1) is 19.6. The largest absolute Gasteiger partial charge is 0.335 e. The second-order valence-corrected chi connectivity index (χ2v) is 8.11. The molecule has 1 saturated heterocycles. The Morgan fingerprint density at radius 2 is 1.90 bits per heavy atom. The number of urea groups is 1. The van der Waals surface area contributed by atoms with Gasteiger partial charge in [-0.25, -0.2) is 9.48 Å². The van der Waals surface area contributed by atoms with Crippen molar-refractivity contribution in [2.75, 3.05) is 6.54 Å². The summed E-state index contributed by atoms with van der Waals surface area (Å²) in [5.41, 5.74) is 1.44. The average Bonchev–Trinajstić information content (AvgIpc) is 3.06. The van der Waals surface area contributed by atoms with Crippen LogP contribution >= 0.6 is 0 Å². The third-order valence-corrected chi connectivity index (χ3v) is 6.03. The number of aromatic nitrogens is 3. The molecule has 7 nitrogen and oxygen atoms in total. The molecule has 2 aliphatic rings. The summed E-state index contributed by atoms with van der Waals surface area (Å²) >= 11 is 0. The van der Waals surface area contributed by atoms with Gasteiger partial charge in [0.15, 0.2) is 0 Å². The molecule has 4 rings (SSSR count). The molecule has 2 aromatic heterocycles. The monoisotopic (exact) mass is 395 g/mol. The summed E-state index contributed by atoms with van der Waals surface area (Å²) in [5, 5.41) is 7.77. The van der Waals surface area contributed by atoms with E-state index in [4.69, 9.17) is 0 Å². The van der Waals surface area contributed by atoms with Gasteiger partial charge in [0.2, 0.25) is 0 Å². The van der Waals surface area contributed by atoms with Crippen LogP contribution in [-0.2, 0) is 6.54 Å². The fraction of sp³-hybridized carbons (Fsp3) is 0.545. The third-order valence-electron chi connectivity index (χ3n) is 6.03. The van der Waals surface area contributed by atoms with Crippen LogP contribution in [0.2, 0.25) is 0 Å². The Hall–Kier alpha value is -2.70. The summed E-state index contributed by atoms with van der Waals surface area (Å²) in [7, 11) is 0. The topological polar surface area (TPSA) is 80.1 Å². The zero-order valence-electron chi connectivity index (χ0n) is 16.8. The van der Waals surface area contributed by atoms with Gasteiger partial charge in [0, 0.05) is 36.6 Å². The van der Waals surface area contributed by atoms with Crippen molar-refractivity contribution >= 4 is 6.03 Å². The van der Waals surface area contributed by atoms with E-state index in [1.54, 1.807) is 24.5 Å². The highest BCUT2D eigenvalue weighted by Crippen LogP contribution is 2.21. The Kier molecular flexibility index (Phi) is 6.22. The summed E-state index contributed by atoms with van der Waals surface area (Å²) in [6, 6.07) is 7.32. The van der Waals surface area contributed by atoms with E-state index in [2.05, 4.69) is 15.4 Å². The molecule has 7 heteroatoms. The molecular formula is C22H29N5O2. The molecule has 0 aromatic carbocycles. The first-order chi connectivity index (χ1) is 14.2. The van der Waals surface area contributed by atoms with Crippen LogP contribution in [0.4, 0.5) is 4.79 Å². The van der Waals surface area contributed by atoms with Gasteiger partial charge in [0.1, 0.15) is 0 Å². The maximum atomic E-state index is 12.9. The first-order valence-electron chi connectivity index (χ1n) is 10.8. The summed E-state index contributed by atoms with van der Waals surface area (Å²) in [5.74, 6) is 0. The maximum absolute atomic E-state index is 12.9. The van der Waals surface area contributed by atoms with Crippen LogP contribution in [0.15, 0.2) is 41.5 Å². The molecule has 1 saturated carbocycles. The smallest absolute Gasteiger partial charge is 0.317 e. The SMILES string of the molecule is O=C(NC1CCCCCC1)N1CCCC1Cn1nc(-c2cccnc2)ccc1=O. The molecule has 1 aliphatic carbocycles. The lowest BCUT2D eigenvalue weighted by molar-refractivity contribution is 0.180.